The van der Waals surface area contributed by atoms with Crippen LogP contribution < -0.4 is 5.73 Å². The van der Waals surface area contributed by atoms with Crippen molar-refractivity contribution in [3.05, 3.63) is 34.1 Å². The van der Waals surface area contributed by atoms with Crippen molar-refractivity contribution in [2.75, 3.05) is 0 Å². The van der Waals surface area contributed by atoms with Gasteiger partial charge in [0.25, 0.3) is 0 Å². The molecule has 0 saturated carbocycles. The molecule has 1 rings (SSSR count). The molecule has 2 N–H and O–H groups in total. The van der Waals surface area contributed by atoms with Crippen LogP contribution in [-0.2, 0) is 0 Å². The van der Waals surface area contributed by atoms with Gasteiger partial charge in [-0.3, -0.25) is 0 Å². The van der Waals surface area contributed by atoms with Gasteiger partial charge in [0.2, 0.25) is 0 Å². The molecular weight excluding hydrogens is 269 g/mol. The van der Waals surface area contributed by atoms with Crippen molar-refractivity contribution in [3.63, 3.8) is 0 Å². The average molecular weight is 278 g/mol. The van der Waals surface area contributed by atoms with Crippen LogP contribution in [0, 0.1) is 12.7 Å². The molecule has 0 aromatic heterocycles. The first-order valence-corrected chi connectivity index (χ1v) is 4.39. The molecule has 1 aromatic carbocycles. The second kappa shape index (κ2) is 5.21. The minimum atomic E-state index is -4.71. The fourth-order valence-corrected chi connectivity index (χ4v) is 1.40. The Labute approximate surface area is 101 Å². The highest BCUT2D eigenvalue weighted by Crippen LogP contribution is 2.36. The molecule has 0 bridgehead atoms. The van der Waals surface area contributed by atoms with Gasteiger partial charge in [-0.1, -0.05) is 17.7 Å². The minimum Gasteiger partial charge on any atom is -0.316 e. The van der Waals surface area contributed by atoms with Crippen molar-refractivity contribution in [1.29, 1.82) is 0 Å². The zero-order valence-electron chi connectivity index (χ0n) is 8.11. The summed E-state index contributed by atoms with van der Waals surface area (Å²) >= 11 is 5.58. The lowest BCUT2D eigenvalue weighted by molar-refractivity contribution is -0.149. The Bertz CT molecular complexity index is 379. The largest absolute Gasteiger partial charge is 0.407 e. The summed E-state index contributed by atoms with van der Waals surface area (Å²) in [4.78, 5) is 0. The first kappa shape index (κ1) is 15.5. The second-order valence-electron chi connectivity index (χ2n) is 3.11. The van der Waals surface area contributed by atoms with Crippen molar-refractivity contribution in [1.82, 2.24) is 0 Å². The molecule has 0 saturated heterocycles. The fourth-order valence-electron chi connectivity index (χ4n) is 1.13. The van der Waals surface area contributed by atoms with Crippen LogP contribution in [0.4, 0.5) is 17.6 Å². The predicted molar refractivity (Wildman–Crippen MR) is 56.4 cm³/mol. The maximum Gasteiger partial charge on any atom is 0.407 e. The molecule has 0 heterocycles. The third-order valence-corrected chi connectivity index (χ3v) is 2.48. The van der Waals surface area contributed by atoms with E-state index in [9.17, 15) is 17.6 Å². The maximum atomic E-state index is 13.1. The lowest BCUT2D eigenvalue weighted by atomic mass is 10.0. The first-order valence-electron chi connectivity index (χ1n) is 4.02. The molecule has 0 aliphatic carbocycles. The zero-order valence-corrected chi connectivity index (χ0v) is 9.68. The van der Waals surface area contributed by atoms with Gasteiger partial charge < -0.3 is 5.73 Å². The molecule has 0 amide bonds. The summed E-state index contributed by atoms with van der Waals surface area (Å²) in [5, 5.41) is -0.278. The monoisotopic (exact) mass is 277 g/mol. The van der Waals surface area contributed by atoms with Crippen molar-refractivity contribution in [2.24, 2.45) is 5.73 Å². The standard InChI is InChI=1S/C9H8ClF4N.ClH/c1-4-2-3-5(11)6(7(4)10)8(15)9(12,13)14;/h2-3,8H,15H2,1H3;1H/t8-;/m1./s1. The molecule has 1 aromatic rings. The smallest absolute Gasteiger partial charge is 0.316 e. The molecule has 7 heteroatoms. The highest BCUT2D eigenvalue weighted by atomic mass is 35.5. The molecule has 0 fully saturated rings. The summed E-state index contributed by atoms with van der Waals surface area (Å²) in [5.74, 6) is -1.05. The van der Waals surface area contributed by atoms with E-state index in [1.54, 1.807) is 0 Å². The van der Waals surface area contributed by atoms with Crippen molar-refractivity contribution in [3.8, 4) is 0 Å². The molecular formula is C9H9Cl2F4N. The topological polar surface area (TPSA) is 26.0 Å². The molecule has 1 nitrogen and oxygen atoms in total. The van der Waals surface area contributed by atoms with E-state index in [1.165, 1.54) is 13.0 Å². The summed E-state index contributed by atoms with van der Waals surface area (Å²) in [7, 11) is 0. The summed E-state index contributed by atoms with van der Waals surface area (Å²) < 4.78 is 50.0. The fraction of sp³-hybridized carbons (Fsp3) is 0.333. The summed E-state index contributed by atoms with van der Waals surface area (Å²) in [5.41, 5.74) is 4.54. The summed E-state index contributed by atoms with van der Waals surface area (Å²) in [6.45, 7) is 1.48. The van der Waals surface area contributed by atoms with E-state index in [0.29, 0.717) is 5.56 Å². The van der Waals surface area contributed by atoms with Gasteiger partial charge in [-0.15, -0.1) is 12.4 Å². The second-order valence-corrected chi connectivity index (χ2v) is 3.49. The predicted octanol–water partition coefficient (Wildman–Crippen LogP) is 3.77. The molecule has 0 radical (unpaired) electrons. The Balaban J connectivity index is 0.00000225. The third-order valence-electron chi connectivity index (χ3n) is 1.98. The molecule has 0 unspecified atom stereocenters. The van der Waals surface area contributed by atoms with E-state index in [-0.39, 0.29) is 17.4 Å². The number of nitrogens with two attached hydrogens (primary N) is 1. The summed E-state index contributed by atoms with van der Waals surface area (Å²) in [6, 6.07) is -0.184. The Hall–Kier alpha value is -0.520. The number of halogens is 6. The van der Waals surface area contributed by atoms with Crippen LogP contribution in [0.1, 0.15) is 17.2 Å². The molecule has 0 aliphatic rings. The van der Waals surface area contributed by atoms with Crippen LogP contribution >= 0.6 is 24.0 Å². The number of benzene rings is 1. The Kier molecular flexibility index (Phi) is 5.04. The number of rotatable bonds is 1. The van der Waals surface area contributed by atoms with Gasteiger partial charge in [0.1, 0.15) is 11.9 Å². The lowest BCUT2D eigenvalue weighted by Crippen LogP contribution is -2.29. The van der Waals surface area contributed by atoms with E-state index in [4.69, 9.17) is 17.3 Å². The molecule has 0 aliphatic heterocycles. The van der Waals surface area contributed by atoms with Crippen LogP contribution in [0.5, 0.6) is 0 Å². The van der Waals surface area contributed by atoms with Crippen molar-refractivity contribution < 1.29 is 17.6 Å². The minimum absolute atomic E-state index is 0. The van der Waals surface area contributed by atoms with E-state index in [0.717, 1.165) is 6.07 Å². The van der Waals surface area contributed by atoms with Crippen LogP contribution in [0.2, 0.25) is 5.02 Å². The molecule has 92 valence electrons. The van der Waals surface area contributed by atoms with Crippen LogP contribution in [0.25, 0.3) is 0 Å². The molecule has 0 spiro atoms. The SMILES string of the molecule is Cc1ccc(F)c([C@@H](N)C(F)(F)F)c1Cl.Cl. The molecule has 1 atom stereocenters. The summed E-state index contributed by atoms with van der Waals surface area (Å²) in [6.07, 6.45) is -4.71. The number of hydrogen-bond donors (Lipinski definition) is 1. The van der Waals surface area contributed by atoms with Crippen LogP contribution in [0.3, 0.4) is 0 Å². The van der Waals surface area contributed by atoms with Crippen LogP contribution in [-0.4, -0.2) is 6.18 Å². The van der Waals surface area contributed by atoms with Gasteiger partial charge in [0, 0.05) is 5.56 Å². The maximum absolute atomic E-state index is 13.1. The highest BCUT2D eigenvalue weighted by Gasteiger charge is 2.40. The van der Waals surface area contributed by atoms with Crippen molar-refractivity contribution in [2.45, 2.75) is 19.1 Å². The van der Waals surface area contributed by atoms with Crippen LogP contribution in [0.15, 0.2) is 12.1 Å². The number of hydrogen-bond acceptors (Lipinski definition) is 1. The molecule has 16 heavy (non-hydrogen) atoms. The Morgan fingerprint density at radius 3 is 2.25 bits per heavy atom. The van der Waals surface area contributed by atoms with Gasteiger partial charge >= 0.3 is 6.18 Å². The first-order chi connectivity index (χ1) is 6.75. The normalized spacial score (nSPS) is 13.2. The number of alkyl halides is 3. The van der Waals surface area contributed by atoms with Gasteiger partial charge in [0.05, 0.1) is 5.02 Å². The van der Waals surface area contributed by atoms with E-state index in [2.05, 4.69) is 0 Å². The number of aryl methyl sites for hydroxylation is 1. The Morgan fingerprint density at radius 2 is 1.81 bits per heavy atom. The van der Waals surface area contributed by atoms with E-state index in [1.807, 2.05) is 0 Å². The van der Waals surface area contributed by atoms with Gasteiger partial charge in [-0.25, -0.2) is 4.39 Å². The van der Waals surface area contributed by atoms with Crippen molar-refractivity contribution >= 4 is 24.0 Å². The van der Waals surface area contributed by atoms with E-state index >= 15 is 0 Å². The van der Waals surface area contributed by atoms with Gasteiger partial charge in [0.15, 0.2) is 0 Å². The lowest BCUT2D eigenvalue weighted by Gasteiger charge is -2.18. The Morgan fingerprint density at radius 1 is 1.31 bits per heavy atom. The quantitative estimate of drug-likeness (QED) is 0.777. The average Bonchev–Trinajstić information content (AvgIpc) is 2.10. The zero-order chi connectivity index (χ0) is 11.8. The highest BCUT2D eigenvalue weighted by molar-refractivity contribution is 6.32. The van der Waals surface area contributed by atoms with Gasteiger partial charge in [-0.05, 0) is 18.6 Å². The third kappa shape index (κ3) is 2.99. The van der Waals surface area contributed by atoms with E-state index < -0.39 is 23.6 Å². The van der Waals surface area contributed by atoms with Gasteiger partial charge in [-0.2, -0.15) is 13.2 Å².